The Morgan fingerprint density at radius 3 is 2.67 bits per heavy atom. The average Bonchev–Trinajstić information content (AvgIpc) is 2.74. The van der Waals surface area contributed by atoms with Crippen molar-refractivity contribution in [3.05, 3.63) is 0 Å². The number of nitrogens with one attached hydrogen (secondary N) is 1. The summed E-state index contributed by atoms with van der Waals surface area (Å²) in [6.07, 6.45) is 3.09. The summed E-state index contributed by atoms with van der Waals surface area (Å²) in [7, 11) is -0.684. The second-order valence-electron chi connectivity index (χ2n) is 5.44. The predicted octanol–water partition coefficient (Wildman–Crippen LogP) is -0.0258. The number of hydrogen-bond donors (Lipinski definition) is 1. The Labute approximate surface area is 132 Å². The Bertz CT molecular complexity index is 459. The maximum Gasteiger partial charge on any atom is 0.306 e. The zero-order chi connectivity index (χ0) is 14.8. The lowest BCUT2D eigenvalue weighted by atomic mass is 10.1. The molecule has 9 heteroatoms. The second kappa shape index (κ2) is 7.73. The molecule has 2 heterocycles. The number of carbonyl (C=O) groups excluding carboxylic acids is 1. The van der Waals surface area contributed by atoms with Crippen molar-refractivity contribution in [1.29, 1.82) is 0 Å². The number of methoxy groups -OCH3 is 1. The van der Waals surface area contributed by atoms with Crippen LogP contribution in [0.15, 0.2) is 0 Å². The van der Waals surface area contributed by atoms with E-state index in [0.717, 1.165) is 19.3 Å². The van der Waals surface area contributed by atoms with Gasteiger partial charge in [-0.1, -0.05) is 0 Å². The molecule has 2 rings (SSSR count). The first kappa shape index (κ1) is 18.6. The van der Waals surface area contributed by atoms with Crippen molar-refractivity contribution < 1.29 is 17.9 Å². The van der Waals surface area contributed by atoms with Gasteiger partial charge in [-0.3, -0.25) is 4.79 Å². The van der Waals surface area contributed by atoms with E-state index in [2.05, 4.69) is 10.1 Å². The highest BCUT2D eigenvalue weighted by Crippen LogP contribution is 2.22. The van der Waals surface area contributed by atoms with E-state index in [1.54, 1.807) is 0 Å². The van der Waals surface area contributed by atoms with Crippen molar-refractivity contribution in [2.75, 3.05) is 33.8 Å². The van der Waals surface area contributed by atoms with Crippen LogP contribution in [0.3, 0.4) is 0 Å². The van der Waals surface area contributed by atoms with Gasteiger partial charge in [0.25, 0.3) is 10.2 Å². The highest BCUT2D eigenvalue weighted by Gasteiger charge is 2.35. The molecule has 21 heavy (non-hydrogen) atoms. The summed E-state index contributed by atoms with van der Waals surface area (Å²) in [6.45, 7) is 1.20. The molecule has 2 saturated heterocycles. The van der Waals surface area contributed by atoms with Gasteiger partial charge in [0, 0.05) is 38.8 Å². The van der Waals surface area contributed by atoms with Gasteiger partial charge in [0.05, 0.1) is 13.5 Å². The minimum atomic E-state index is -3.49. The lowest BCUT2D eigenvalue weighted by Crippen LogP contribution is -2.46. The normalized spacial score (nSPS) is 26.2. The molecule has 0 spiro atoms. The van der Waals surface area contributed by atoms with Gasteiger partial charge in [-0.2, -0.15) is 17.0 Å². The number of hydrogen-bond acceptors (Lipinski definition) is 5. The fourth-order valence-electron chi connectivity index (χ4n) is 2.78. The molecule has 1 N–H and O–H groups in total. The molecule has 2 bridgehead atoms. The third-order valence-electron chi connectivity index (χ3n) is 4.06. The monoisotopic (exact) mass is 341 g/mol. The number of fused-ring (bicyclic) bond motifs is 2. The highest BCUT2D eigenvalue weighted by molar-refractivity contribution is 7.86. The van der Waals surface area contributed by atoms with Crippen LogP contribution >= 0.6 is 12.4 Å². The van der Waals surface area contributed by atoms with Gasteiger partial charge < -0.3 is 10.1 Å². The minimum absolute atomic E-state index is 0. The molecule has 2 fully saturated rings. The first-order valence-corrected chi connectivity index (χ1v) is 8.37. The summed E-state index contributed by atoms with van der Waals surface area (Å²) in [5.41, 5.74) is 0. The zero-order valence-corrected chi connectivity index (χ0v) is 14.1. The smallest absolute Gasteiger partial charge is 0.306 e. The molecule has 0 aromatic carbocycles. The van der Waals surface area contributed by atoms with Gasteiger partial charge in [-0.25, -0.2) is 0 Å². The molecule has 2 unspecified atom stereocenters. The summed E-state index contributed by atoms with van der Waals surface area (Å²) in [4.78, 5) is 11.1. The Balaban J connectivity index is 0.00000220. The second-order valence-corrected chi connectivity index (χ2v) is 7.48. The topological polar surface area (TPSA) is 79.0 Å². The molecule has 0 amide bonds. The lowest BCUT2D eigenvalue weighted by Gasteiger charge is -2.28. The maximum atomic E-state index is 12.5. The molecule has 2 atom stereocenters. The maximum absolute atomic E-state index is 12.5. The summed E-state index contributed by atoms with van der Waals surface area (Å²) in [5, 5.41) is 3.45. The van der Waals surface area contributed by atoms with E-state index in [0.29, 0.717) is 19.1 Å². The highest BCUT2D eigenvalue weighted by atomic mass is 35.5. The van der Waals surface area contributed by atoms with Crippen molar-refractivity contribution in [1.82, 2.24) is 13.9 Å². The van der Waals surface area contributed by atoms with Crippen LogP contribution < -0.4 is 5.32 Å². The third-order valence-corrected chi connectivity index (χ3v) is 6.02. The van der Waals surface area contributed by atoms with Crippen molar-refractivity contribution in [2.24, 2.45) is 0 Å². The fraction of sp³-hybridized carbons (Fsp3) is 0.917. The predicted molar refractivity (Wildman–Crippen MR) is 81.6 cm³/mol. The molecule has 7 nitrogen and oxygen atoms in total. The molecule has 2 aliphatic heterocycles. The molecule has 0 aliphatic carbocycles. The molecule has 0 saturated carbocycles. The standard InChI is InChI=1S/C12H23N3O4S.ClH/c1-14(7-6-12(16)19-2)20(17,18)15-8-5-10-3-4-11(9-15)13-10;/h10-11,13H,3-9H2,1-2H3;1H. The van der Waals surface area contributed by atoms with Crippen molar-refractivity contribution in [3.63, 3.8) is 0 Å². The Hall–Kier alpha value is -0.410. The number of rotatable bonds is 5. The van der Waals surface area contributed by atoms with Gasteiger partial charge in [-0.15, -0.1) is 12.4 Å². The zero-order valence-electron chi connectivity index (χ0n) is 12.4. The average molecular weight is 342 g/mol. The van der Waals surface area contributed by atoms with E-state index >= 15 is 0 Å². The first-order valence-electron chi connectivity index (χ1n) is 6.97. The summed E-state index contributed by atoms with van der Waals surface area (Å²) in [6, 6.07) is 0.701. The van der Waals surface area contributed by atoms with Crippen LogP contribution in [0.5, 0.6) is 0 Å². The molecule has 0 aromatic heterocycles. The summed E-state index contributed by atoms with van der Waals surface area (Å²) >= 11 is 0. The third kappa shape index (κ3) is 4.53. The van der Waals surface area contributed by atoms with E-state index in [4.69, 9.17) is 0 Å². The largest absolute Gasteiger partial charge is 0.469 e. The van der Waals surface area contributed by atoms with Gasteiger partial charge in [-0.05, 0) is 19.3 Å². The Morgan fingerprint density at radius 2 is 2.00 bits per heavy atom. The first-order chi connectivity index (χ1) is 9.43. The van der Waals surface area contributed by atoms with E-state index in [1.165, 1.54) is 22.8 Å². The van der Waals surface area contributed by atoms with Gasteiger partial charge in [0.2, 0.25) is 0 Å². The molecule has 2 aliphatic rings. The lowest BCUT2D eigenvalue weighted by molar-refractivity contribution is -0.140. The van der Waals surface area contributed by atoms with E-state index < -0.39 is 16.2 Å². The van der Waals surface area contributed by atoms with Crippen LogP contribution in [0, 0.1) is 0 Å². The van der Waals surface area contributed by atoms with E-state index in [9.17, 15) is 13.2 Å². The minimum Gasteiger partial charge on any atom is -0.469 e. The molecule has 124 valence electrons. The fourth-order valence-corrected chi connectivity index (χ4v) is 4.20. The summed E-state index contributed by atoms with van der Waals surface area (Å²) < 4.78 is 32.3. The molecular weight excluding hydrogens is 318 g/mol. The van der Waals surface area contributed by atoms with Gasteiger partial charge >= 0.3 is 5.97 Å². The Morgan fingerprint density at radius 1 is 1.33 bits per heavy atom. The molecule has 0 radical (unpaired) electrons. The number of ether oxygens (including phenoxy) is 1. The van der Waals surface area contributed by atoms with Crippen LogP contribution in [-0.4, -0.2) is 68.9 Å². The number of carbonyl (C=O) groups is 1. The van der Waals surface area contributed by atoms with Crippen molar-refractivity contribution in [2.45, 2.75) is 37.8 Å². The van der Waals surface area contributed by atoms with Crippen LogP contribution in [0.2, 0.25) is 0 Å². The van der Waals surface area contributed by atoms with E-state index in [-0.39, 0.29) is 31.4 Å². The number of nitrogens with zero attached hydrogens (tertiary/aromatic N) is 2. The van der Waals surface area contributed by atoms with Gasteiger partial charge in [0.1, 0.15) is 0 Å². The van der Waals surface area contributed by atoms with Gasteiger partial charge in [0.15, 0.2) is 0 Å². The number of esters is 1. The van der Waals surface area contributed by atoms with Crippen molar-refractivity contribution in [3.8, 4) is 0 Å². The molecule has 0 aromatic rings. The molecular formula is C12H24ClN3O4S. The van der Waals surface area contributed by atoms with Crippen LogP contribution in [0.4, 0.5) is 0 Å². The quantitative estimate of drug-likeness (QED) is 0.711. The van der Waals surface area contributed by atoms with Crippen LogP contribution in [0.1, 0.15) is 25.7 Å². The van der Waals surface area contributed by atoms with Crippen molar-refractivity contribution >= 4 is 28.6 Å². The van der Waals surface area contributed by atoms with Crippen LogP contribution in [0.25, 0.3) is 0 Å². The van der Waals surface area contributed by atoms with E-state index in [1.807, 2.05) is 0 Å². The number of halogens is 1. The Kier molecular flexibility index (Phi) is 6.86. The SMILES string of the molecule is COC(=O)CCN(C)S(=O)(=O)N1CCC2CCC(C1)N2.Cl. The summed E-state index contributed by atoms with van der Waals surface area (Å²) in [5.74, 6) is -0.399. The van der Waals surface area contributed by atoms with Crippen LogP contribution in [-0.2, 0) is 19.7 Å².